The highest BCUT2D eigenvalue weighted by molar-refractivity contribution is 7.80. The van der Waals surface area contributed by atoms with Crippen molar-refractivity contribution in [2.75, 3.05) is 78.8 Å². The van der Waals surface area contributed by atoms with Crippen LogP contribution in [0, 0.1) is 0 Å². The highest BCUT2D eigenvalue weighted by Crippen LogP contribution is 2.45. The van der Waals surface area contributed by atoms with Crippen LogP contribution in [0.15, 0.2) is 48.5 Å². The van der Waals surface area contributed by atoms with Gasteiger partial charge in [0.15, 0.2) is 0 Å². The topological polar surface area (TPSA) is 49.9 Å². The summed E-state index contributed by atoms with van der Waals surface area (Å²) in [5, 5.41) is 0. The van der Waals surface area contributed by atoms with Gasteiger partial charge in [-0.2, -0.15) is 0 Å². The van der Waals surface area contributed by atoms with Gasteiger partial charge in [-0.1, -0.05) is 180 Å². The molecule has 0 radical (unpaired) electrons. The number of hydrogen-bond donors (Lipinski definition) is 0. The molecule has 0 heterocycles. The molecule has 0 unspecified atom stereocenters. The molecule has 0 spiro atoms. The third-order valence-corrected chi connectivity index (χ3v) is 17.3. The number of fused-ring (bicyclic) bond motifs is 8. The van der Waals surface area contributed by atoms with Crippen LogP contribution < -0.4 is 18.9 Å². The summed E-state index contributed by atoms with van der Waals surface area (Å²) in [6.07, 6.45) is 2.10. The first kappa shape index (κ1) is 66.4. The largest absolute Gasteiger partial charge is 0.486 e. The van der Waals surface area contributed by atoms with Crippen LogP contribution in [0.1, 0.15) is 205 Å². The van der Waals surface area contributed by atoms with Crippen molar-refractivity contribution < 1.29 is 18.9 Å². The van der Waals surface area contributed by atoms with Crippen molar-refractivity contribution in [2.45, 2.75) is 186 Å². The van der Waals surface area contributed by atoms with Crippen molar-refractivity contribution in [3.63, 3.8) is 0 Å². The zero-order chi connectivity index (χ0) is 59.7. The third-order valence-electron chi connectivity index (χ3n) is 15.8. The Balaban J connectivity index is 2.07. The van der Waals surface area contributed by atoms with Gasteiger partial charge in [0.1, 0.15) is 69.4 Å². The summed E-state index contributed by atoms with van der Waals surface area (Å²) < 4.78 is 29.2. The molecule has 0 amide bonds. The summed E-state index contributed by atoms with van der Waals surface area (Å²) in [5.74, 6) is 3.33. The number of benzene rings is 4. The Bertz CT molecular complexity index is 2340. The molecule has 12 heteroatoms. The van der Waals surface area contributed by atoms with Gasteiger partial charge in [-0.25, -0.2) is 0 Å². The SMILES string of the molecule is CCN(CC)C(=S)COc1c2cc(C(C)(C)C)cc1Cc1cc(C(C)(C)C)cc(c1OCC(=S)N(CC)CC)Cc1cc(C(C)(C)C)cc(c1OCC(=S)N(CC)CC)Cc1cc(C(C)(C)C)cc(c1OCC(=S)N(CC)CC)C2. The number of nitrogens with zero attached hydrogens (tertiary/aromatic N) is 4. The highest BCUT2D eigenvalue weighted by Gasteiger charge is 2.31. The Kier molecular flexibility index (Phi) is 23.5. The monoisotopic (exact) mass is 1160 g/mol. The maximum Gasteiger partial charge on any atom is 0.138 e. The van der Waals surface area contributed by atoms with Gasteiger partial charge in [0.25, 0.3) is 0 Å². The van der Waals surface area contributed by atoms with Crippen LogP contribution in [0.4, 0.5) is 0 Å². The molecule has 1 aliphatic rings. The fourth-order valence-corrected chi connectivity index (χ4v) is 11.8. The summed E-state index contributed by atoms with van der Waals surface area (Å²) in [5.41, 5.74) is 12.6. The smallest absolute Gasteiger partial charge is 0.138 e. The molecule has 5 rings (SSSR count). The summed E-state index contributed by atoms with van der Waals surface area (Å²) in [7, 11) is 0. The van der Waals surface area contributed by atoms with Crippen molar-refractivity contribution in [1.82, 2.24) is 19.6 Å². The molecule has 0 N–H and O–H groups in total. The summed E-state index contributed by atoms with van der Waals surface area (Å²) in [4.78, 5) is 11.9. The Morgan fingerprint density at radius 2 is 0.438 bits per heavy atom. The van der Waals surface area contributed by atoms with E-state index >= 15 is 0 Å². The lowest BCUT2D eigenvalue weighted by Gasteiger charge is -2.30. The molecule has 0 saturated heterocycles. The molecule has 0 saturated carbocycles. The van der Waals surface area contributed by atoms with Crippen LogP contribution in [0.25, 0.3) is 0 Å². The van der Waals surface area contributed by atoms with Crippen LogP contribution >= 0.6 is 48.9 Å². The van der Waals surface area contributed by atoms with Crippen LogP contribution in [0.2, 0.25) is 0 Å². The van der Waals surface area contributed by atoms with Crippen molar-refractivity contribution in [3.8, 4) is 23.0 Å². The van der Waals surface area contributed by atoms with E-state index in [9.17, 15) is 0 Å². The molecule has 8 nitrogen and oxygen atoms in total. The van der Waals surface area contributed by atoms with Crippen molar-refractivity contribution >= 4 is 68.8 Å². The lowest BCUT2D eigenvalue weighted by atomic mass is 9.79. The van der Waals surface area contributed by atoms with Gasteiger partial charge in [-0.3, -0.25) is 0 Å². The van der Waals surface area contributed by atoms with E-state index in [4.69, 9.17) is 67.8 Å². The predicted octanol–water partition coefficient (Wildman–Crippen LogP) is 15.7. The molecule has 0 fully saturated rings. The molecule has 4 aromatic rings. The molecule has 0 atom stereocenters. The van der Waals surface area contributed by atoms with Crippen molar-refractivity contribution in [1.29, 1.82) is 0 Å². The minimum atomic E-state index is -0.210. The number of hydrogen-bond acceptors (Lipinski definition) is 8. The average Bonchev–Trinajstić information content (AvgIpc) is 3.37. The maximum atomic E-state index is 7.29. The van der Waals surface area contributed by atoms with E-state index in [1.165, 1.54) is 22.3 Å². The number of likely N-dealkylation sites (N-methyl/N-ethyl adjacent to an activating group) is 4. The minimum absolute atomic E-state index is 0.210. The van der Waals surface area contributed by atoms with Gasteiger partial charge < -0.3 is 38.5 Å². The number of thiocarbonyl (C=S) groups is 4. The van der Waals surface area contributed by atoms with Crippen molar-refractivity contribution in [3.05, 3.63) is 115 Å². The van der Waals surface area contributed by atoms with E-state index in [1.54, 1.807) is 0 Å². The van der Waals surface area contributed by atoms with Gasteiger partial charge in [0.05, 0.1) is 0 Å². The predicted molar refractivity (Wildman–Crippen MR) is 356 cm³/mol. The van der Waals surface area contributed by atoms with Gasteiger partial charge >= 0.3 is 0 Å². The fraction of sp³-hybridized carbons (Fsp3) is 0.588. The van der Waals surface area contributed by atoms with Gasteiger partial charge in [-0.05, 0) is 144 Å². The Labute approximate surface area is 507 Å². The lowest BCUT2D eigenvalue weighted by molar-refractivity contribution is 0.336. The molecule has 1 aliphatic carbocycles. The first-order chi connectivity index (χ1) is 37.5. The van der Waals surface area contributed by atoms with Crippen LogP contribution in [0.5, 0.6) is 23.0 Å². The minimum Gasteiger partial charge on any atom is -0.486 e. The fourth-order valence-electron chi connectivity index (χ4n) is 10.6. The van der Waals surface area contributed by atoms with Gasteiger partial charge in [0.2, 0.25) is 0 Å². The highest BCUT2D eigenvalue weighted by atomic mass is 32.1. The van der Waals surface area contributed by atoms with E-state index < -0.39 is 0 Å². The quantitative estimate of drug-likeness (QED) is 0.0698. The van der Waals surface area contributed by atoms with E-state index in [2.05, 4.69) is 207 Å². The molecule has 80 heavy (non-hydrogen) atoms. The summed E-state index contributed by atoms with van der Waals surface area (Å²) in [6.45, 7) is 52.2. The van der Waals surface area contributed by atoms with Crippen LogP contribution in [-0.4, -0.2) is 118 Å². The van der Waals surface area contributed by atoms with Crippen LogP contribution in [-0.2, 0) is 47.3 Å². The van der Waals surface area contributed by atoms with E-state index in [-0.39, 0.29) is 48.1 Å². The summed E-state index contributed by atoms with van der Waals surface area (Å²) in [6, 6.07) is 19.0. The lowest BCUT2D eigenvalue weighted by Crippen LogP contribution is -2.33. The second kappa shape index (κ2) is 28.3. The summed E-state index contributed by atoms with van der Waals surface area (Å²) >= 11 is 24.7. The van der Waals surface area contributed by atoms with E-state index in [0.717, 1.165) is 140 Å². The molecule has 8 bridgehead atoms. The molecule has 440 valence electrons. The molecular weight excluding hydrogens is 1070 g/mol. The Morgan fingerprint density at radius 3 is 0.550 bits per heavy atom. The second-order valence-electron chi connectivity index (χ2n) is 25.6. The van der Waals surface area contributed by atoms with E-state index in [1.807, 2.05) is 0 Å². The average molecular weight is 1170 g/mol. The van der Waals surface area contributed by atoms with Crippen molar-refractivity contribution in [2.24, 2.45) is 0 Å². The first-order valence-electron chi connectivity index (χ1n) is 29.7. The first-order valence-corrected chi connectivity index (χ1v) is 31.4. The van der Waals surface area contributed by atoms with Gasteiger partial charge in [-0.15, -0.1) is 0 Å². The normalized spacial score (nSPS) is 12.8. The second-order valence-corrected chi connectivity index (χ2v) is 27.5. The standard InChI is InChI=1S/C68H100N4O4S4/c1-21-69(22-2)57(77)41-73-61-45-29-47-35-54(66(12,13)14)37-49(62(47)74-42-58(78)70(23-3)24-4)31-51-39-56(68(18,19)20)40-52(64(51)76-44-60(80)72(27-7)28-8)32-50-38-55(67(15,16)17)36-48(30-46(61)34-53(33-45)65(9,10)11)63(50)75-43-59(79)71(25-5)26-6/h33-40H,21-32,41-44H2,1-20H3. The Hall–Kier alpha value is -4.36. The zero-order valence-corrected chi connectivity index (χ0v) is 56.3. The maximum absolute atomic E-state index is 7.29. The zero-order valence-electron chi connectivity index (χ0n) is 53.0. The molecule has 4 aromatic carbocycles. The van der Waals surface area contributed by atoms with Gasteiger partial charge in [0, 0.05) is 78.0 Å². The molecule has 0 aromatic heterocycles. The Morgan fingerprint density at radius 1 is 0.300 bits per heavy atom. The number of rotatable bonds is 20. The van der Waals surface area contributed by atoms with Crippen LogP contribution in [0.3, 0.4) is 0 Å². The third kappa shape index (κ3) is 16.9. The molecule has 0 aliphatic heterocycles. The molecular formula is C68H100N4O4S4. The number of ether oxygens (including phenoxy) is 4. The van der Waals surface area contributed by atoms with E-state index in [0.29, 0.717) is 25.7 Å².